The van der Waals surface area contributed by atoms with Crippen LogP contribution in [-0.2, 0) is 18.2 Å². The first-order chi connectivity index (χ1) is 8.29. The Morgan fingerprint density at radius 1 is 1.59 bits per heavy atom. The SMILES string of the molecule is CNCC1CN(CCc2ccnn2C)CCO1. The van der Waals surface area contributed by atoms with Gasteiger partial charge in [-0.2, -0.15) is 5.10 Å². The van der Waals surface area contributed by atoms with Crippen molar-refractivity contribution in [3.63, 3.8) is 0 Å². The second-order valence-corrected chi connectivity index (χ2v) is 4.55. The lowest BCUT2D eigenvalue weighted by atomic mass is 10.2. The molecule has 5 heteroatoms. The maximum atomic E-state index is 5.69. The fourth-order valence-electron chi connectivity index (χ4n) is 2.25. The van der Waals surface area contributed by atoms with Crippen molar-refractivity contribution in [3.8, 4) is 0 Å². The summed E-state index contributed by atoms with van der Waals surface area (Å²) in [7, 11) is 3.97. The molecular weight excluding hydrogens is 216 g/mol. The van der Waals surface area contributed by atoms with E-state index in [1.807, 2.05) is 25.0 Å². The van der Waals surface area contributed by atoms with E-state index in [-0.39, 0.29) is 0 Å². The highest BCUT2D eigenvalue weighted by molar-refractivity contribution is 5.00. The molecule has 0 bridgehead atoms. The fraction of sp³-hybridized carbons (Fsp3) is 0.750. The molecule has 1 atom stereocenters. The Hall–Kier alpha value is -0.910. The molecule has 1 aromatic heterocycles. The van der Waals surface area contributed by atoms with Crippen LogP contribution < -0.4 is 5.32 Å². The lowest BCUT2D eigenvalue weighted by molar-refractivity contribution is -0.0259. The zero-order valence-corrected chi connectivity index (χ0v) is 10.7. The minimum absolute atomic E-state index is 0.334. The molecule has 0 radical (unpaired) electrons. The molecule has 1 N–H and O–H groups in total. The minimum atomic E-state index is 0.334. The zero-order valence-electron chi connectivity index (χ0n) is 10.7. The largest absolute Gasteiger partial charge is 0.374 e. The number of morpholine rings is 1. The van der Waals surface area contributed by atoms with Crippen LogP contribution in [0, 0.1) is 0 Å². The van der Waals surface area contributed by atoms with Gasteiger partial charge in [-0.1, -0.05) is 0 Å². The second kappa shape index (κ2) is 6.14. The summed E-state index contributed by atoms with van der Waals surface area (Å²) in [5, 5.41) is 7.36. The van der Waals surface area contributed by atoms with Crippen LogP contribution in [0.2, 0.25) is 0 Å². The predicted octanol–water partition coefficient (Wildman–Crippen LogP) is -0.117. The van der Waals surface area contributed by atoms with Gasteiger partial charge in [-0.25, -0.2) is 0 Å². The minimum Gasteiger partial charge on any atom is -0.374 e. The molecule has 0 aliphatic carbocycles. The smallest absolute Gasteiger partial charge is 0.0826 e. The molecule has 1 saturated heterocycles. The van der Waals surface area contributed by atoms with E-state index >= 15 is 0 Å². The third-order valence-electron chi connectivity index (χ3n) is 3.26. The Morgan fingerprint density at radius 2 is 2.47 bits per heavy atom. The van der Waals surface area contributed by atoms with Crippen molar-refractivity contribution in [2.24, 2.45) is 7.05 Å². The third-order valence-corrected chi connectivity index (χ3v) is 3.26. The summed E-state index contributed by atoms with van der Waals surface area (Å²) < 4.78 is 7.64. The summed E-state index contributed by atoms with van der Waals surface area (Å²) in [5.74, 6) is 0. The van der Waals surface area contributed by atoms with Crippen LogP contribution in [-0.4, -0.2) is 60.6 Å². The molecular formula is C12H22N4O. The van der Waals surface area contributed by atoms with Crippen molar-refractivity contribution in [2.45, 2.75) is 12.5 Å². The van der Waals surface area contributed by atoms with Gasteiger partial charge in [0, 0.05) is 51.5 Å². The normalized spacial score (nSPS) is 21.9. The van der Waals surface area contributed by atoms with Gasteiger partial charge in [-0.15, -0.1) is 0 Å². The number of aryl methyl sites for hydroxylation is 1. The molecule has 0 aromatic carbocycles. The van der Waals surface area contributed by atoms with E-state index in [0.717, 1.165) is 39.2 Å². The molecule has 2 heterocycles. The third kappa shape index (κ3) is 3.52. The Morgan fingerprint density at radius 3 is 3.18 bits per heavy atom. The molecule has 1 aliphatic rings. The van der Waals surface area contributed by atoms with E-state index in [2.05, 4.69) is 21.4 Å². The number of ether oxygens (including phenoxy) is 1. The van der Waals surface area contributed by atoms with Gasteiger partial charge in [0.15, 0.2) is 0 Å². The Labute approximate surface area is 103 Å². The number of aromatic nitrogens is 2. The Bertz CT molecular complexity index is 337. The molecule has 0 amide bonds. The molecule has 1 aliphatic heterocycles. The van der Waals surface area contributed by atoms with Gasteiger partial charge in [-0.3, -0.25) is 9.58 Å². The number of rotatable bonds is 5. The molecule has 1 unspecified atom stereocenters. The number of nitrogens with one attached hydrogen (secondary N) is 1. The Kier molecular flexibility index (Phi) is 4.53. The quantitative estimate of drug-likeness (QED) is 0.777. The highest BCUT2D eigenvalue weighted by Crippen LogP contribution is 2.06. The molecule has 1 fully saturated rings. The summed E-state index contributed by atoms with van der Waals surface area (Å²) in [5.41, 5.74) is 1.29. The van der Waals surface area contributed by atoms with Crippen molar-refractivity contribution in [1.82, 2.24) is 20.0 Å². The van der Waals surface area contributed by atoms with Crippen LogP contribution in [0.5, 0.6) is 0 Å². The molecule has 1 aromatic rings. The summed E-state index contributed by atoms with van der Waals surface area (Å²) >= 11 is 0. The number of hydrogen-bond donors (Lipinski definition) is 1. The van der Waals surface area contributed by atoms with Crippen molar-refractivity contribution in [1.29, 1.82) is 0 Å². The molecule has 17 heavy (non-hydrogen) atoms. The number of likely N-dealkylation sites (N-methyl/N-ethyl adjacent to an activating group) is 1. The molecule has 0 saturated carbocycles. The summed E-state index contributed by atoms with van der Waals surface area (Å²) in [6, 6.07) is 2.09. The van der Waals surface area contributed by atoms with Gasteiger partial charge in [-0.05, 0) is 13.1 Å². The van der Waals surface area contributed by atoms with Crippen LogP contribution in [0.1, 0.15) is 5.69 Å². The van der Waals surface area contributed by atoms with E-state index in [0.29, 0.717) is 6.10 Å². The van der Waals surface area contributed by atoms with Gasteiger partial charge in [0.1, 0.15) is 0 Å². The number of hydrogen-bond acceptors (Lipinski definition) is 4. The fourth-order valence-corrected chi connectivity index (χ4v) is 2.25. The lowest BCUT2D eigenvalue weighted by Crippen LogP contribution is -2.46. The van der Waals surface area contributed by atoms with Gasteiger partial charge in [0.2, 0.25) is 0 Å². The average molecular weight is 238 g/mol. The maximum Gasteiger partial charge on any atom is 0.0826 e. The van der Waals surface area contributed by atoms with E-state index in [1.165, 1.54) is 5.69 Å². The van der Waals surface area contributed by atoms with Crippen molar-refractivity contribution < 1.29 is 4.74 Å². The van der Waals surface area contributed by atoms with E-state index in [9.17, 15) is 0 Å². The lowest BCUT2D eigenvalue weighted by Gasteiger charge is -2.32. The molecule has 0 spiro atoms. The van der Waals surface area contributed by atoms with Gasteiger partial charge in [0.05, 0.1) is 12.7 Å². The van der Waals surface area contributed by atoms with Crippen LogP contribution in [0.25, 0.3) is 0 Å². The molecule has 96 valence electrons. The maximum absolute atomic E-state index is 5.69. The predicted molar refractivity (Wildman–Crippen MR) is 67.0 cm³/mol. The zero-order chi connectivity index (χ0) is 12.1. The first-order valence-corrected chi connectivity index (χ1v) is 6.25. The monoisotopic (exact) mass is 238 g/mol. The van der Waals surface area contributed by atoms with Crippen LogP contribution in [0.4, 0.5) is 0 Å². The van der Waals surface area contributed by atoms with Crippen LogP contribution >= 0.6 is 0 Å². The summed E-state index contributed by atoms with van der Waals surface area (Å²) in [6.07, 6.45) is 3.25. The first-order valence-electron chi connectivity index (χ1n) is 6.25. The summed E-state index contributed by atoms with van der Waals surface area (Å²) in [6.45, 7) is 4.93. The van der Waals surface area contributed by atoms with E-state index in [1.54, 1.807) is 0 Å². The van der Waals surface area contributed by atoms with Crippen LogP contribution in [0.15, 0.2) is 12.3 Å². The number of nitrogens with zero attached hydrogens (tertiary/aromatic N) is 3. The van der Waals surface area contributed by atoms with Gasteiger partial charge < -0.3 is 10.1 Å². The molecule has 5 nitrogen and oxygen atoms in total. The van der Waals surface area contributed by atoms with Crippen molar-refractivity contribution >= 4 is 0 Å². The highest BCUT2D eigenvalue weighted by atomic mass is 16.5. The van der Waals surface area contributed by atoms with Crippen molar-refractivity contribution in [2.75, 3.05) is 39.8 Å². The van der Waals surface area contributed by atoms with Crippen molar-refractivity contribution in [3.05, 3.63) is 18.0 Å². The van der Waals surface area contributed by atoms with Crippen LogP contribution in [0.3, 0.4) is 0 Å². The van der Waals surface area contributed by atoms with Gasteiger partial charge >= 0.3 is 0 Å². The Balaban J connectivity index is 1.77. The highest BCUT2D eigenvalue weighted by Gasteiger charge is 2.19. The van der Waals surface area contributed by atoms with Gasteiger partial charge in [0.25, 0.3) is 0 Å². The topological polar surface area (TPSA) is 42.3 Å². The average Bonchev–Trinajstić information content (AvgIpc) is 2.73. The first kappa shape index (κ1) is 12.5. The standard InChI is InChI=1S/C12H22N4O/c1-13-9-12-10-16(7-8-17-12)6-4-11-3-5-14-15(11)2/h3,5,12-13H,4,6-10H2,1-2H3. The van der Waals surface area contributed by atoms with E-state index in [4.69, 9.17) is 4.74 Å². The van der Waals surface area contributed by atoms with E-state index < -0.39 is 0 Å². The second-order valence-electron chi connectivity index (χ2n) is 4.55. The summed E-state index contributed by atoms with van der Waals surface area (Å²) in [4.78, 5) is 2.47. The molecule has 2 rings (SSSR count).